The van der Waals surface area contributed by atoms with E-state index in [1.807, 2.05) is 20.8 Å². The summed E-state index contributed by atoms with van der Waals surface area (Å²) in [5.41, 5.74) is 1.74. The van der Waals surface area contributed by atoms with E-state index in [4.69, 9.17) is 0 Å². The van der Waals surface area contributed by atoms with Crippen molar-refractivity contribution in [1.82, 2.24) is 14.5 Å². The molecule has 2 rings (SSSR count). The van der Waals surface area contributed by atoms with Crippen molar-refractivity contribution in [1.29, 1.82) is 0 Å². The number of hydrogen-bond donors (Lipinski definition) is 0. The van der Waals surface area contributed by atoms with E-state index in [0.29, 0.717) is 5.82 Å². The van der Waals surface area contributed by atoms with Crippen LogP contribution >= 0.6 is 0 Å². The summed E-state index contributed by atoms with van der Waals surface area (Å²) >= 11 is 0. The van der Waals surface area contributed by atoms with E-state index in [1.54, 1.807) is 23.3 Å². The third-order valence-electron chi connectivity index (χ3n) is 2.47. The van der Waals surface area contributed by atoms with E-state index in [1.165, 1.54) is 6.07 Å². The van der Waals surface area contributed by atoms with E-state index in [2.05, 4.69) is 9.97 Å². The molecule has 0 aliphatic heterocycles. The predicted octanol–water partition coefficient (Wildman–Crippen LogP) is 2.84. The van der Waals surface area contributed by atoms with Crippen molar-refractivity contribution in [3.63, 3.8) is 0 Å². The Labute approximate surface area is 94.0 Å². The van der Waals surface area contributed by atoms with Gasteiger partial charge in [0.2, 0.25) is 0 Å². The van der Waals surface area contributed by atoms with Gasteiger partial charge in [0.25, 0.3) is 0 Å². The molecule has 16 heavy (non-hydrogen) atoms. The molecule has 0 aliphatic carbocycles. The second-order valence-corrected chi connectivity index (χ2v) is 4.15. The lowest BCUT2D eigenvalue weighted by Gasteiger charge is -2.07. The summed E-state index contributed by atoms with van der Waals surface area (Å²) in [4.78, 5) is 8.18. The molecule has 3 nitrogen and oxygen atoms in total. The van der Waals surface area contributed by atoms with Gasteiger partial charge in [-0.25, -0.2) is 14.4 Å². The van der Waals surface area contributed by atoms with Gasteiger partial charge in [-0.05, 0) is 24.5 Å². The van der Waals surface area contributed by atoms with Gasteiger partial charge >= 0.3 is 0 Å². The monoisotopic (exact) mass is 219 g/mol. The SMILES string of the molecule is Cc1cn(-c2ncc(C(C)C)cc2F)cn1. The van der Waals surface area contributed by atoms with Crippen molar-refractivity contribution in [2.45, 2.75) is 26.7 Å². The van der Waals surface area contributed by atoms with Crippen LogP contribution in [0.4, 0.5) is 4.39 Å². The Morgan fingerprint density at radius 3 is 2.56 bits per heavy atom. The Kier molecular flexibility index (Phi) is 2.73. The Balaban J connectivity index is 2.44. The summed E-state index contributed by atoms with van der Waals surface area (Å²) in [6, 6.07) is 1.53. The lowest BCUT2D eigenvalue weighted by Crippen LogP contribution is -2.01. The Bertz CT molecular complexity index is 503. The first-order valence-electron chi connectivity index (χ1n) is 5.24. The van der Waals surface area contributed by atoms with Gasteiger partial charge in [-0.15, -0.1) is 0 Å². The third-order valence-corrected chi connectivity index (χ3v) is 2.47. The lowest BCUT2D eigenvalue weighted by atomic mass is 10.1. The van der Waals surface area contributed by atoms with Crippen molar-refractivity contribution >= 4 is 0 Å². The number of hydrogen-bond acceptors (Lipinski definition) is 2. The van der Waals surface area contributed by atoms with Crippen LogP contribution in [0.15, 0.2) is 24.8 Å². The lowest BCUT2D eigenvalue weighted by molar-refractivity contribution is 0.604. The minimum Gasteiger partial charge on any atom is -0.288 e. The van der Waals surface area contributed by atoms with Crippen LogP contribution in [0.2, 0.25) is 0 Å². The molecule has 0 atom stereocenters. The Hall–Kier alpha value is -1.71. The van der Waals surface area contributed by atoms with E-state index in [9.17, 15) is 4.39 Å². The molecule has 0 radical (unpaired) electrons. The maximum absolute atomic E-state index is 13.8. The number of aryl methyl sites for hydroxylation is 1. The van der Waals surface area contributed by atoms with Crippen molar-refractivity contribution in [2.75, 3.05) is 0 Å². The number of halogens is 1. The largest absolute Gasteiger partial charge is 0.288 e. The summed E-state index contributed by atoms with van der Waals surface area (Å²) in [5.74, 6) is 0.258. The van der Waals surface area contributed by atoms with Gasteiger partial charge in [-0.2, -0.15) is 0 Å². The van der Waals surface area contributed by atoms with Gasteiger partial charge in [-0.1, -0.05) is 13.8 Å². The zero-order valence-electron chi connectivity index (χ0n) is 9.61. The highest BCUT2D eigenvalue weighted by molar-refractivity contribution is 5.29. The molecule has 2 aromatic rings. The fourth-order valence-corrected chi connectivity index (χ4v) is 1.49. The summed E-state index contributed by atoms with van der Waals surface area (Å²) in [5, 5.41) is 0. The number of aromatic nitrogens is 3. The van der Waals surface area contributed by atoms with Gasteiger partial charge in [-0.3, -0.25) is 4.57 Å². The van der Waals surface area contributed by atoms with Gasteiger partial charge in [0.1, 0.15) is 6.33 Å². The molecular weight excluding hydrogens is 205 g/mol. The van der Waals surface area contributed by atoms with Gasteiger partial charge < -0.3 is 0 Å². The fourth-order valence-electron chi connectivity index (χ4n) is 1.49. The molecule has 0 spiro atoms. The maximum atomic E-state index is 13.8. The van der Waals surface area contributed by atoms with Crippen molar-refractivity contribution < 1.29 is 4.39 Å². The molecule has 0 bridgehead atoms. The van der Waals surface area contributed by atoms with Crippen LogP contribution in [0.1, 0.15) is 31.0 Å². The summed E-state index contributed by atoms with van der Waals surface area (Å²) in [7, 11) is 0. The topological polar surface area (TPSA) is 30.7 Å². The first-order chi connectivity index (χ1) is 7.58. The highest BCUT2D eigenvalue weighted by Gasteiger charge is 2.09. The fraction of sp³-hybridized carbons (Fsp3) is 0.333. The van der Waals surface area contributed by atoms with Crippen molar-refractivity contribution in [3.05, 3.63) is 41.9 Å². The van der Waals surface area contributed by atoms with Gasteiger partial charge in [0.15, 0.2) is 11.6 Å². The normalized spacial score (nSPS) is 11.1. The van der Waals surface area contributed by atoms with Crippen LogP contribution in [0.25, 0.3) is 5.82 Å². The molecule has 2 heterocycles. The molecule has 0 fully saturated rings. The van der Waals surface area contributed by atoms with Gasteiger partial charge in [0.05, 0.1) is 5.69 Å². The molecule has 0 amide bonds. The molecule has 0 aliphatic rings. The second-order valence-electron chi connectivity index (χ2n) is 4.15. The minimum atomic E-state index is -0.316. The Morgan fingerprint density at radius 2 is 2.06 bits per heavy atom. The molecule has 0 saturated heterocycles. The molecule has 0 unspecified atom stereocenters. The maximum Gasteiger partial charge on any atom is 0.174 e. The highest BCUT2D eigenvalue weighted by atomic mass is 19.1. The number of pyridine rings is 1. The zero-order valence-corrected chi connectivity index (χ0v) is 9.61. The summed E-state index contributed by atoms with van der Waals surface area (Å²) in [6.45, 7) is 5.88. The van der Waals surface area contributed by atoms with E-state index < -0.39 is 0 Å². The molecular formula is C12H14FN3. The van der Waals surface area contributed by atoms with E-state index in [-0.39, 0.29) is 11.7 Å². The average Bonchev–Trinajstić information content (AvgIpc) is 2.64. The number of rotatable bonds is 2. The second kappa shape index (κ2) is 4.04. The van der Waals surface area contributed by atoms with Crippen LogP contribution in [-0.4, -0.2) is 14.5 Å². The number of imidazole rings is 1. The first kappa shape index (κ1) is 10.8. The molecule has 4 heteroatoms. The van der Waals surface area contributed by atoms with E-state index in [0.717, 1.165) is 11.3 Å². The van der Waals surface area contributed by atoms with Crippen LogP contribution in [0.3, 0.4) is 0 Å². The van der Waals surface area contributed by atoms with Crippen LogP contribution in [-0.2, 0) is 0 Å². The van der Waals surface area contributed by atoms with Crippen LogP contribution in [0.5, 0.6) is 0 Å². The third kappa shape index (κ3) is 1.96. The summed E-state index contributed by atoms with van der Waals surface area (Å²) in [6.07, 6.45) is 5.02. The zero-order chi connectivity index (χ0) is 11.7. The van der Waals surface area contributed by atoms with Crippen molar-refractivity contribution in [2.24, 2.45) is 0 Å². The molecule has 0 N–H and O–H groups in total. The average molecular weight is 219 g/mol. The minimum absolute atomic E-state index is 0.278. The standard InChI is InChI=1S/C12H14FN3/c1-8(2)10-4-11(13)12(14-5-10)16-6-9(3)15-7-16/h4-8H,1-3H3. The quantitative estimate of drug-likeness (QED) is 0.777. The molecule has 84 valence electrons. The highest BCUT2D eigenvalue weighted by Crippen LogP contribution is 2.18. The summed E-state index contributed by atoms with van der Waals surface area (Å²) < 4.78 is 15.4. The smallest absolute Gasteiger partial charge is 0.174 e. The predicted molar refractivity (Wildman–Crippen MR) is 60.1 cm³/mol. The van der Waals surface area contributed by atoms with Gasteiger partial charge in [0, 0.05) is 12.4 Å². The van der Waals surface area contributed by atoms with E-state index >= 15 is 0 Å². The molecule has 2 aromatic heterocycles. The van der Waals surface area contributed by atoms with Crippen LogP contribution < -0.4 is 0 Å². The number of nitrogens with zero attached hydrogens (tertiary/aromatic N) is 3. The van der Waals surface area contributed by atoms with Crippen LogP contribution in [0, 0.1) is 12.7 Å². The van der Waals surface area contributed by atoms with Crippen molar-refractivity contribution in [3.8, 4) is 5.82 Å². The molecule has 0 saturated carbocycles. The molecule has 0 aromatic carbocycles. The first-order valence-corrected chi connectivity index (χ1v) is 5.24. The Morgan fingerprint density at radius 1 is 1.31 bits per heavy atom.